The van der Waals surface area contributed by atoms with Crippen LogP contribution in [-0.4, -0.2) is 46.9 Å². The number of carbonyl (C=O) groups is 1. The molecule has 1 unspecified atom stereocenters. The first kappa shape index (κ1) is 24.5. The molecule has 0 saturated carbocycles. The van der Waals surface area contributed by atoms with Gasteiger partial charge in [-0.2, -0.15) is 0 Å². The van der Waals surface area contributed by atoms with Crippen molar-refractivity contribution >= 4 is 21.6 Å². The van der Waals surface area contributed by atoms with Crippen LogP contribution in [0.25, 0.3) is 0 Å². The molecule has 0 aliphatic rings. The number of hydrogen-bond acceptors (Lipinski definition) is 5. The van der Waals surface area contributed by atoms with Crippen LogP contribution in [0.3, 0.4) is 0 Å². The number of benzene rings is 2. The van der Waals surface area contributed by atoms with E-state index < -0.39 is 10.0 Å². The minimum absolute atomic E-state index is 0.139. The standard InChI is InChI=1S/C23H32N2O5S/c1-17-13-18(2)15-20(14-17)25(31(5,27)28)12-6-7-23(26)24-19(3)16-30-22-10-8-21(29-4)9-11-22/h8-11,13-15,19H,6-7,12,16H2,1-5H3,(H,24,26). The molecule has 2 aromatic rings. The predicted molar refractivity (Wildman–Crippen MR) is 123 cm³/mol. The molecule has 31 heavy (non-hydrogen) atoms. The number of nitrogens with one attached hydrogen (secondary N) is 1. The fraction of sp³-hybridized carbons (Fsp3) is 0.435. The summed E-state index contributed by atoms with van der Waals surface area (Å²) >= 11 is 0. The third-order valence-electron chi connectivity index (χ3n) is 4.63. The van der Waals surface area contributed by atoms with Crippen LogP contribution in [0.5, 0.6) is 11.5 Å². The molecule has 0 aliphatic heterocycles. The first-order valence-electron chi connectivity index (χ1n) is 10.2. The molecule has 170 valence electrons. The quantitative estimate of drug-likeness (QED) is 0.569. The van der Waals surface area contributed by atoms with Gasteiger partial charge in [-0.25, -0.2) is 8.42 Å². The summed E-state index contributed by atoms with van der Waals surface area (Å²) in [7, 11) is -1.84. The van der Waals surface area contributed by atoms with Crippen LogP contribution in [0.4, 0.5) is 5.69 Å². The van der Waals surface area contributed by atoms with Crippen molar-refractivity contribution in [1.29, 1.82) is 0 Å². The lowest BCUT2D eigenvalue weighted by Crippen LogP contribution is -2.37. The second kappa shape index (κ2) is 11.0. The van der Waals surface area contributed by atoms with Crippen LogP contribution in [0.15, 0.2) is 42.5 Å². The number of ether oxygens (including phenoxy) is 2. The lowest BCUT2D eigenvalue weighted by atomic mass is 10.1. The molecule has 0 bridgehead atoms. The van der Waals surface area contributed by atoms with Gasteiger partial charge in [-0.15, -0.1) is 0 Å². The van der Waals surface area contributed by atoms with E-state index in [1.165, 1.54) is 10.6 Å². The van der Waals surface area contributed by atoms with E-state index in [9.17, 15) is 13.2 Å². The highest BCUT2D eigenvalue weighted by Gasteiger charge is 2.18. The molecule has 0 radical (unpaired) electrons. The van der Waals surface area contributed by atoms with E-state index in [1.807, 2.05) is 51.1 Å². The molecule has 0 spiro atoms. The van der Waals surface area contributed by atoms with Crippen molar-refractivity contribution in [2.45, 2.75) is 39.7 Å². The van der Waals surface area contributed by atoms with Crippen LogP contribution < -0.4 is 19.1 Å². The van der Waals surface area contributed by atoms with Gasteiger partial charge in [-0.05, 0) is 74.7 Å². The third-order valence-corrected chi connectivity index (χ3v) is 5.82. The molecule has 0 aromatic heterocycles. The molecule has 2 aromatic carbocycles. The summed E-state index contributed by atoms with van der Waals surface area (Å²) in [6.45, 7) is 6.29. The molecule has 8 heteroatoms. The average molecular weight is 449 g/mol. The summed E-state index contributed by atoms with van der Waals surface area (Å²) < 4.78 is 36.7. The Bertz CT molecular complexity index is 954. The Morgan fingerprint density at radius 1 is 1.06 bits per heavy atom. The second-order valence-corrected chi connectivity index (χ2v) is 9.65. The topological polar surface area (TPSA) is 84.9 Å². The summed E-state index contributed by atoms with van der Waals surface area (Å²) in [6.07, 6.45) is 1.82. The molecule has 0 saturated heterocycles. The van der Waals surface area contributed by atoms with Crippen molar-refractivity contribution in [3.8, 4) is 11.5 Å². The van der Waals surface area contributed by atoms with E-state index in [1.54, 1.807) is 19.2 Å². The van der Waals surface area contributed by atoms with Crippen molar-refractivity contribution in [1.82, 2.24) is 5.32 Å². The van der Waals surface area contributed by atoms with Crippen LogP contribution in [0.1, 0.15) is 30.9 Å². The second-order valence-electron chi connectivity index (χ2n) is 7.74. The Hall–Kier alpha value is -2.74. The minimum atomic E-state index is -3.44. The van der Waals surface area contributed by atoms with Gasteiger partial charge in [-0.1, -0.05) is 6.07 Å². The zero-order valence-corrected chi connectivity index (χ0v) is 19.7. The van der Waals surface area contributed by atoms with Crippen molar-refractivity contribution in [3.05, 3.63) is 53.6 Å². The van der Waals surface area contributed by atoms with Gasteiger partial charge in [0.25, 0.3) is 0 Å². The van der Waals surface area contributed by atoms with Gasteiger partial charge in [0.05, 0.1) is 25.1 Å². The number of carbonyl (C=O) groups excluding carboxylic acids is 1. The fourth-order valence-electron chi connectivity index (χ4n) is 3.25. The van der Waals surface area contributed by atoms with Crippen molar-refractivity contribution in [3.63, 3.8) is 0 Å². The first-order chi connectivity index (χ1) is 14.6. The van der Waals surface area contributed by atoms with Gasteiger partial charge >= 0.3 is 0 Å². The Labute approximate surface area is 185 Å². The van der Waals surface area contributed by atoms with Gasteiger partial charge in [0.1, 0.15) is 18.1 Å². The highest BCUT2D eigenvalue weighted by atomic mass is 32.2. The maximum atomic E-state index is 12.3. The Balaban J connectivity index is 1.83. The van der Waals surface area contributed by atoms with Crippen molar-refractivity contribution in [2.24, 2.45) is 0 Å². The van der Waals surface area contributed by atoms with Gasteiger partial charge in [0, 0.05) is 13.0 Å². The van der Waals surface area contributed by atoms with Gasteiger partial charge < -0.3 is 14.8 Å². The Kier molecular flexibility index (Phi) is 8.74. The van der Waals surface area contributed by atoms with E-state index in [0.717, 1.165) is 16.9 Å². The van der Waals surface area contributed by atoms with Crippen LogP contribution >= 0.6 is 0 Å². The van der Waals surface area contributed by atoms with Crippen LogP contribution in [-0.2, 0) is 14.8 Å². The number of anilines is 1. The Morgan fingerprint density at radius 3 is 2.19 bits per heavy atom. The molecule has 0 fully saturated rings. The minimum Gasteiger partial charge on any atom is -0.497 e. The Morgan fingerprint density at radius 2 is 1.65 bits per heavy atom. The van der Waals surface area contributed by atoms with Gasteiger partial charge in [0.2, 0.25) is 15.9 Å². The molecule has 7 nitrogen and oxygen atoms in total. The number of amides is 1. The van der Waals surface area contributed by atoms with Gasteiger partial charge in [-0.3, -0.25) is 9.10 Å². The lowest BCUT2D eigenvalue weighted by Gasteiger charge is -2.23. The van der Waals surface area contributed by atoms with Crippen LogP contribution in [0.2, 0.25) is 0 Å². The highest BCUT2D eigenvalue weighted by molar-refractivity contribution is 7.92. The lowest BCUT2D eigenvalue weighted by molar-refractivity contribution is -0.121. The first-order valence-corrected chi connectivity index (χ1v) is 12.1. The summed E-state index contributed by atoms with van der Waals surface area (Å²) in [5, 5.41) is 2.89. The predicted octanol–water partition coefficient (Wildman–Crippen LogP) is 3.44. The van der Waals surface area contributed by atoms with E-state index in [4.69, 9.17) is 9.47 Å². The number of hydrogen-bond donors (Lipinski definition) is 1. The normalized spacial score (nSPS) is 12.2. The van der Waals surface area contributed by atoms with Crippen LogP contribution in [0, 0.1) is 13.8 Å². The molecule has 0 heterocycles. The third kappa shape index (κ3) is 8.13. The average Bonchev–Trinajstić information content (AvgIpc) is 2.68. The summed E-state index contributed by atoms with van der Waals surface area (Å²) in [5.41, 5.74) is 2.61. The maximum Gasteiger partial charge on any atom is 0.232 e. The molecule has 1 N–H and O–H groups in total. The number of rotatable bonds is 11. The largest absolute Gasteiger partial charge is 0.497 e. The smallest absolute Gasteiger partial charge is 0.232 e. The molecular weight excluding hydrogens is 416 g/mol. The summed E-state index contributed by atoms with van der Waals surface area (Å²) in [4.78, 5) is 12.3. The van der Waals surface area contributed by atoms with Crippen molar-refractivity contribution < 1.29 is 22.7 Å². The number of aryl methyl sites for hydroxylation is 2. The number of sulfonamides is 1. The molecule has 1 atom stereocenters. The van der Waals surface area contributed by atoms with E-state index in [-0.39, 0.29) is 24.9 Å². The maximum absolute atomic E-state index is 12.3. The molecule has 2 rings (SSSR count). The van der Waals surface area contributed by atoms with E-state index >= 15 is 0 Å². The van der Waals surface area contributed by atoms with Crippen molar-refractivity contribution in [2.75, 3.05) is 30.8 Å². The highest BCUT2D eigenvalue weighted by Crippen LogP contribution is 2.22. The molecule has 1 amide bonds. The van der Waals surface area contributed by atoms with Gasteiger partial charge in [0.15, 0.2) is 0 Å². The molecular formula is C23H32N2O5S. The SMILES string of the molecule is COc1ccc(OCC(C)NC(=O)CCCN(c2cc(C)cc(C)c2)S(C)(=O)=O)cc1. The zero-order chi connectivity index (χ0) is 23.0. The molecule has 0 aliphatic carbocycles. The number of nitrogens with zero attached hydrogens (tertiary/aromatic N) is 1. The van der Waals surface area contributed by atoms with E-state index in [0.29, 0.717) is 24.5 Å². The summed E-state index contributed by atoms with van der Waals surface area (Å²) in [6, 6.07) is 12.7. The zero-order valence-electron chi connectivity index (χ0n) is 18.8. The monoisotopic (exact) mass is 448 g/mol. The fourth-order valence-corrected chi connectivity index (χ4v) is 4.20. The number of methoxy groups -OCH3 is 1. The van der Waals surface area contributed by atoms with E-state index in [2.05, 4.69) is 5.32 Å². The summed E-state index contributed by atoms with van der Waals surface area (Å²) in [5.74, 6) is 1.30.